The molecule has 5 unspecified atom stereocenters. The van der Waals surface area contributed by atoms with Gasteiger partial charge in [-0.05, 0) is 141 Å². The second kappa shape index (κ2) is 88.7. The molecule has 18 heteroatoms. The number of hydrogen-bond acceptors (Lipinski definition) is 14. The molecule has 4 N–H and O–H groups in total. The Balaban J connectivity index is 4.42. The maximum absolute atomic E-state index is 13.0. The molecule has 0 saturated carbocycles. The quantitative estimate of drug-likeness (QED) is 0.0146. The Kier molecular flexibility index (Phi) is 85.2. The van der Waals surface area contributed by atoms with E-state index in [1.807, 2.05) is 0 Å². The lowest BCUT2D eigenvalue weighted by molar-refractivity contribution is -0.161. The lowest BCUT2D eigenvalue weighted by Crippen LogP contribution is -2.30. The number of carbonyl (C=O) groups is 3. The smallest absolute Gasteiger partial charge is 0.463 e. The highest BCUT2D eigenvalue weighted by Gasteiger charge is 2.29. The number of aliphatic hydroxyl groups is 2. The summed E-state index contributed by atoms with van der Waals surface area (Å²) in [5.41, 5.74) is 0. The SMILES string of the molecule is CC/C=C\C/C=C\C/C=C\C/C=C\C/C=C\CCCCCCCCCCCCCCCC(=O)OCC(COP(=O)(O)OCC(O)COP(=O)(O)OCC(O)COC(=O)CCCCCCCCCCCCCCCCCCCCC/C=C\C/C=C\C/C=C\C/C=C\CCCCC)OC(=O)CCCCCCC/C=C\C/C=C\C/C=C\CC. The van der Waals surface area contributed by atoms with Gasteiger partial charge in [-0.3, -0.25) is 32.5 Å². The predicted octanol–water partition coefficient (Wildman–Crippen LogP) is 28.3. The van der Waals surface area contributed by atoms with Crippen LogP contribution in [0.2, 0.25) is 0 Å². The van der Waals surface area contributed by atoms with Gasteiger partial charge in [0.05, 0.1) is 26.4 Å². The largest absolute Gasteiger partial charge is 0.472 e. The van der Waals surface area contributed by atoms with Gasteiger partial charge < -0.3 is 34.2 Å². The van der Waals surface area contributed by atoms with E-state index in [9.17, 15) is 43.5 Å². The van der Waals surface area contributed by atoms with Crippen LogP contribution in [-0.2, 0) is 55.8 Å². The predicted molar refractivity (Wildman–Crippen MR) is 482 cm³/mol. The number of aliphatic hydroxyl groups excluding tert-OH is 2. The van der Waals surface area contributed by atoms with Gasteiger partial charge in [0, 0.05) is 19.3 Å². The Morgan fingerprint density at radius 2 is 0.461 bits per heavy atom. The van der Waals surface area contributed by atoms with Crippen LogP contribution < -0.4 is 0 Å². The minimum atomic E-state index is -4.94. The third-order valence-corrected chi connectivity index (χ3v) is 21.4. The molecule has 0 radical (unpaired) electrons. The first kappa shape index (κ1) is 110. The summed E-state index contributed by atoms with van der Waals surface area (Å²) in [6.07, 6.45) is 112. The highest BCUT2D eigenvalue weighted by molar-refractivity contribution is 7.47. The molecule has 662 valence electrons. The summed E-state index contributed by atoms with van der Waals surface area (Å²) in [6.45, 7) is 2.45. The average Bonchev–Trinajstić information content (AvgIpc) is 0.898. The average molecular weight is 1650 g/mol. The van der Waals surface area contributed by atoms with E-state index in [1.54, 1.807) is 0 Å². The molecule has 0 amide bonds. The van der Waals surface area contributed by atoms with Gasteiger partial charge in [-0.2, -0.15) is 0 Å². The van der Waals surface area contributed by atoms with Crippen LogP contribution in [0.1, 0.15) is 393 Å². The van der Waals surface area contributed by atoms with Crippen molar-refractivity contribution in [1.29, 1.82) is 0 Å². The van der Waals surface area contributed by atoms with E-state index in [0.29, 0.717) is 19.3 Å². The Labute approximate surface area is 702 Å². The number of hydrogen-bond donors (Lipinski definition) is 4. The second-order valence-electron chi connectivity index (χ2n) is 30.7. The first-order valence-electron chi connectivity index (χ1n) is 46.1. The van der Waals surface area contributed by atoms with Crippen LogP contribution in [0.5, 0.6) is 0 Å². The maximum atomic E-state index is 13.0. The molecule has 0 aromatic rings. The topological polar surface area (TPSA) is 231 Å². The van der Waals surface area contributed by atoms with E-state index in [0.717, 1.165) is 154 Å². The van der Waals surface area contributed by atoms with Gasteiger partial charge in [-0.1, -0.05) is 378 Å². The fourth-order valence-corrected chi connectivity index (χ4v) is 14.2. The fraction of sp³-hybridized carbons (Fsp3) is 0.722. The highest BCUT2D eigenvalue weighted by atomic mass is 31.2. The molecule has 0 spiro atoms. The van der Waals surface area contributed by atoms with E-state index in [-0.39, 0.29) is 19.3 Å². The summed E-state index contributed by atoms with van der Waals surface area (Å²) in [6, 6.07) is 0. The zero-order chi connectivity index (χ0) is 83.6. The fourth-order valence-electron chi connectivity index (χ4n) is 12.6. The van der Waals surface area contributed by atoms with Gasteiger partial charge >= 0.3 is 33.6 Å². The van der Waals surface area contributed by atoms with Gasteiger partial charge in [0.15, 0.2) is 6.10 Å². The number of phosphoric ester groups is 2. The van der Waals surface area contributed by atoms with E-state index >= 15 is 0 Å². The molecule has 0 rings (SSSR count). The third kappa shape index (κ3) is 90.0. The molecular weight excluding hydrogens is 1480 g/mol. The molecule has 0 saturated heterocycles. The third-order valence-electron chi connectivity index (χ3n) is 19.5. The van der Waals surface area contributed by atoms with Crippen LogP contribution in [-0.4, -0.2) is 95.9 Å². The molecule has 16 nitrogen and oxygen atoms in total. The molecular formula is C97H168O16P2. The molecule has 5 atom stereocenters. The number of rotatable bonds is 87. The lowest BCUT2D eigenvalue weighted by atomic mass is 10.0. The summed E-state index contributed by atoms with van der Waals surface area (Å²) < 4.78 is 61.4. The van der Waals surface area contributed by atoms with Crippen molar-refractivity contribution in [3.8, 4) is 0 Å². The van der Waals surface area contributed by atoms with Gasteiger partial charge in [-0.25, -0.2) is 9.13 Å². The van der Waals surface area contributed by atoms with Crippen molar-refractivity contribution in [1.82, 2.24) is 0 Å². The monoisotopic (exact) mass is 1650 g/mol. The Morgan fingerprint density at radius 1 is 0.252 bits per heavy atom. The van der Waals surface area contributed by atoms with Crippen LogP contribution in [0, 0.1) is 0 Å². The summed E-state index contributed by atoms with van der Waals surface area (Å²) in [5, 5.41) is 20.7. The van der Waals surface area contributed by atoms with E-state index < -0.39 is 91.5 Å². The molecule has 0 aliphatic heterocycles. The van der Waals surface area contributed by atoms with Crippen molar-refractivity contribution in [3.05, 3.63) is 146 Å². The number of esters is 3. The first-order chi connectivity index (χ1) is 56.2. The number of phosphoric acid groups is 2. The van der Waals surface area contributed by atoms with E-state index in [2.05, 4.69) is 167 Å². The van der Waals surface area contributed by atoms with Crippen LogP contribution >= 0.6 is 15.6 Å². The van der Waals surface area contributed by atoms with Crippen LogP contribution in [0.15, 0.2) is 146 Å². The number of unbranched alkanes of at least 4 members (excludes halogenated alkanes) is 40. The van der Waals surface area contributed by atoms with Crippen LogP contribution in [0.25, 0.3) is 0 Å². The van der Waals surface area contributed by atoms with Crippen LogP contribution in [0.4, 0.5) is 0 Å². The molecule has 0 bridgehead atoms. The van der Waals surface area contributed by atoms with Gasteiger partial charge in [0.25, 0.3) is 0 Å². The lowest BCUT2D eigenvalue weighted by Gasteiger charge is -2.21. The molecule has 0 fully saturated rings. The van der Waals surface area contributed by atoms with Crippen molar-refractivity contribution in [2.45, 2.75) is 411 Å². The minimum Gasteiger partial charge on any atom is -0.463 e. The van der Waals surface area contributed by atoms with Gasteiger partial charge in [0.2, 0.25) is 0 Å². The summed E-state index contributed by atoms with van der Waals surface area (Å²) in [4.78, 5) is 58.9. The van der Waals surface area contributed by atoms with Crippen molar-refractivity contribution in [3.63, 3.8) is 0 Å². The number of carbonyl (C=O) groups excluding carboxylic acids is 3. The molecule has 0 aromatic heterocycles. The van der Waals surface area contributed by atoms with Crippen molar-refractivity contribution < 1.29 is 75.8 Å². The Morgan fingerprint density at radius 3 is 0.730 bits per heavy atom. The van der Waals surface area contributed by atoms with Gasteiger partial charge in [0.1, 0.15) is 25.4 Å². The molecule has 0 aliphatic rings. The van der Waals surface area contributed by atoms with Gasteiger partial charge in [-0.15, -0.1) is 0 Å². The number of allylic oxidation sites excluding steroid dienone is 24. The zero-order valence-corrected chi connectivity index (χ0v) is 74.7. The minimum absolute atomic E-state index is 0.0832. The van der Waals surface area contributed by atoms with E-state index in [4.69, 9.17) is 32.3 Å². The number of ether oxygens (including phenoxy) is 3. The molecule has 0 aromatic carbocycles. The summed E-state index contributed by atoms with van der Waals surface area (Å²) in [5.74, 6) is -1.58. The Bertz CT molecular complexity index is 2670. The highest BCUT2D eigenvalue weighted by Crippen LogP contribution is 2.45. The standard InChI is InChI=1S/C97H168O16P2/c1-4-7-10-13-16-19-22-25-28-30-32-34-36-38-40-42-43-44-45-46-47-49-51-52-54-56-58-60-63-65-68-71-74-77-80-83-95(100)107-86-92(98)87-109-114(103,104)110-88-93(99)89-111-115(105,106)112-91-94(113-97(102)85-82-79-76-73-70-67-62-27-24-21-18-15-12-9-6-3)90-108-96(101)84-81-78-75-72-69-66-64-61-59-57-55-53-50-48-41-39-37-35-33-31-29-26-23-20-17-14-11-8-5-2/h8-9,11-12,16-21,25-29,32-35,38-41,62,92-94,98-99H,4-7,10,13-15,22-24,30-31,36-37,42-61,63-91H2,1-3H3,(H,103,104)(H,105,106)/b11-8-,12-9-,19-16-,20-17-,21-18-,28-25-,29-26-,34-32-,35-33-,40-38-,41-39-,62-27-. The maximum Gasteiger partial charge on any atom is 0.472 e. The Hall–Kier alpha value is -4.57. The first-order valence-corrected chi connectivity index (χ1v) is 49.1. The summed E-state index contributed by atoms with van der Waals surface area (Å²) >= 11 is 0. The van der Waals surface area contributed by atoms with E-state index in [1.165, 1.54) is 180 Å². The second-order valence-corrected chi connectivity index (χ2v) is 33.6. The molecule has 0 aliphatic carbocycles. The molecule has 115 heavy (non-hydrogen) atoms. The van der Waals surface area contributed by atoms with Crippen molar-refractivity contribution in [2.75, 3.05) is 39.6 Å². The summed E-state index contributed by atoms with van der Waals surface area (Å²) in [7, 11) is -9.81. The van der Waals surface area contributed by atoms with Crippen molar-refractivity contribution >= 4 is 33.6 Å². The normalized spacial score (nSPS) is 14.5. The zero-order valence-electron chi connectivity index (χ0n) is 72.9. The van der Waals surface area contributed by atoms with Crippen LogP contribution in [0.3, 0.4) is 0 Å². The molecule has 0 heterocycles. The van der Waals surface area contributed by atoms with Crippen molar-refractivity contribution in [2.24, 2.45) is 0 Å².